The maximum absolute atomic E-state index is 4.20. The highest BCUT2D eigenvalue weighted by Gasteiger charge is 2.61. The highest BCUT2D eigenvalue weighted by atomic mass is 15.0. The molecule has 0 aliphatic heterocycles. The fourth-order valence-corrected chi connectivity index (χ4v) is 13.5. The van der Waals surface area contributed by atoms with Crippen LogP contribution in [0.2, 0.25) is 0 Å². The van der Waals surface area contributed by atoms with Crippen LogP contribution in [0.15, 0.2) is 176 Å². The van der Waals surface area contributed by atoms with Gasteiger partial charge < -0.3 is 9.13 Å². The van der Waals surface area contributed by atoms with E-state index in [0.29, 0.717) is 0 Å². The van der Waals surface area contributed by atoms with Gasteiger partial charge in [-0.1, -0.05) is 91.0 Å². The fourth-order valence-electron chi connectivity index (χ4n) is 13.5. The Morgan fingerprint density at radius 1 is 0.383 bits per heavy atom. The smallest absolute Gasteiger partial charge is 0.0541 e. The summed E-state index contributed by atoms with van der Waals surface area (Å²) in [5.74, 6) is 3.35. The first-order chi connectivity index (χ1) is 29.7. The molecule has 286 valence electrons. The van der Waals surface area contributed by atoms with Crippen LogP contribution in [0, 0.1) is 23.7 Å². The number of aromatic nitrogens is 3. The van der Waals surface area contributed by atoms with E-state index in [2.05, 4.69) is 178 Å². The molecule has 0 saturated heterocycles. The Morgan fingerprint density at radius 3 is 1.53 bits per heavy atom. The number of pyridine rings is 1. The predicted octanol–water partition coefficient (Wildman–Crippen LogP) is 14.3. The zero-order chi connectivity index (χ0) is 39.1. The quantitative estimate of drug-likeness (QED) is 0.175. The molecule has 0 radical (unpaired) electrons. The monoisotopic (exact) mass is 769 g/mol. The maximum atomic E-state index is 4.20. The van der Waals surface area contributed by atoms with E-state index in [0.717, 1.165) is 29.4 Å². The molecule has 5 aliphatic carbocycles. The molecule has 7 aromatic carbocycles. The minimum absolute atomic E-state index is 0.145. The third kappa shape index (κ3) is 4.42. The van der Waals surface area contributed by atoms with Gasteiger partial charge in [-0.2, -0.15) is 0 Å². The van der Waals surface area contributed by atoms with Gasteiger partial charge in [0.15, 0.2) is 0 Å². The van der Waals surface area contributed by atoms with Crippen LogP contribution in [0.3, 0.4) is 0 Å². The Kier molecular flexibility index (Phi) is 6.73. The molecule has 4 bridgehead atoms. The molecule has 10 aromatic rings. The number of fused-ring (bicyclic) bond motifs is 9. The van der Waals surface area contributed by atoms with Crippen LogP contribution in [0.4, 0.5) is 0 Å². The molecule has 5 aliphatic rings. The van der Waals surface area contributed by atoms with Crippen LogP contribution in [0.25, 0.3) is 88.4 Å². The minimum atomic E-state index is 0.145. The zero-order valence-corrected chi connectivity index (χ0v) is 33.4. The van der Waals surface area contributed by atoms with E-state index in [1.807, 2.05) is 12.4 Å². The van der Waals surface area contributed by atoms with Gasteiger partial charge in [0.2, 0.25) is 0 Å². The summed E-state index contributed by atoms with van der Waals surface area (Å²) in [6.45, 7) is 0. The third-order valence-electron chi connectivity index (χ3n) is 15.6. The van der Waals surface area contributed by atoms with Gasteiger partial charge in [-0.05, 0) is 173 Å². The Balaban J connectivity index is 0.902. The summed E-state index contributed by atoms with van der Waals surface area (Å²) in [4.78, 5) is 4.20. The molecule has 3 nitrogen and oxygen atoms in total. The highest BCUT2D eigenvalue weighted by molar-refractivity contribution is 6.12. The fraction of sp³-hybridized carbons (Fsp3) is 0.175. The summed E-state index contributed by atoms with van der Waals surface area (Å²) in [7, 11) is 0. The molecule has 3 aromatic heterocycles. The van der Waals surface area contributed by atoms with Gasteiger partial charge in [0.25, 0.3) is 0 Å². The molecule has 1 spiro atoms. The molecule has 3 heterocycles. The van der Waals surface area contributed by atoms with E-state index in [1.54, 1.807) is 11.1 Å². The van der Waals surface area contributed by atoms with Crippen molar-refractivity contribution in [3.8, 4) is 44.8 Å². The maximum Gasteiger partial charge on any atom is 0.0541 e. The Hall–Kier alpha value is -6.71. The third-order valence-corrected chi connectivity index (χ3v) is 15.6. The lowest BCUT2D eigenvalue weighted by Crippen LogP contribution is -2.55. The van der Waals surface area contributed by atoms with E-state index in [9.17, 15) is 0 Å². The molecule has 4 fully saturated rings. The normalized spacial score (nSPS) is 22.4. The molecular formula is C57H43N3. The topological polar surface area (TPSA) is 22.8 Å². The van der Waals surface area contributed by atoms with Crippen LogP contribution in [0.1, 0.15) is 43.2 Å². The van der Waals surface area contributed by atoms with Crippen molar-refractivity contribution in [1.29, 1.82) is 0 Å². The van der Waals surface area contributed by atoms with Gasteiger partial charge >= 0.3 is 0 Å². The molecular weight excluding hydrogens is 727 g/mol. The van der Waals surface area contributed by atoms with Crippen LogP contribution < -0.4 is 0 Å². The second kappa shape index (κ2) is 12.2. The molecule has 4 saturated carbocycles. The number of benzene rings is 7. The van der Waals surface area contributed by atoms with Gasteiger partial charge in [-0.15, -0.1) is 0 Å². The van der Waals surface area contributed by atoms with E-state index in [1.165, 1.54) is 115 Å². The van der Waals surface area contributed by atoms with Gasteiger partial charge in [0.1, 0.15) is 0 Å². The van der Waals surface area contributed by atoms with E-state index in [-0.39, 0.29) is 5.41 Å². The van der Waals surface area contributed by atoms with Crippen LogP contribution in [-0.2, 0) is 5.41 Å². The lowest BCUT2D eigenvalue weighted by Gasteiger charge is -2.61. The first-order valence-corrected chi connectivity index (χ1v) is 22.0. The number of rotatable bonds is 4. The summed E-state index contributed by atoms with van der Waals surface area (Å²) in [6, 6.07) is 62.1. The van der Waals surface area contributed by atoms with Crippen LogP contribution in [-0.4, -0.2) is 14.1 Å². The molecule has 0 unspecified atom stereocenters. The Morgan fingerprint density at radius 2 is 0.883 bits per heavy atom. The molecule has 0 atom stereocenters. The second-order valence-corrected chi connectivity index (χ2v) is 18.4. The van der Waals surface area contributed by atoms with Crippen molar-refractivity contribution >= 4 is 43.6 Å². The SMILES string of the molecule is c1ccc2c(c1)-c1ccc(-n3c4ccccc4c4cc(-c5ccc6c(c5)c5ccccc5n6-c5ccc(-c6ccncc6)cc5)ccc43)cc1C21C2CC3CC(C2)CC1C3. The molecule has 3 heteroatoms. The van der Waals surface area contributed by atoms with Crippen molar-refractivity contribution in [3.63, 3.8) is 0 Å². The average molecular weight is 770 g/mol. The summed E-state index contributed by atoms with van der Waals surface area (Å²) < 4.78 is 4.96. The van der Waals surface area contributed by atoms with Crippen molar-refractivity contribution < 1.29 is 0 Å². The Labute approximate surface area is 349 Å². The van der Waals surface area contributed by atoms with E-state index >= 15 is 0 Å². The van der Waals surface area contributed by atoms with Crippen molar-refractivity contribution in [2.45, 2.75) is 37.5 Å². The van der Waals surface area contributed by atoms with Crippen LogP contribution >= 0.6 is 0 Å². The Bertz CT molecular complexity index is 3350. The summed E-state index contributed by atoms with van der Waals surface area (Å²) in [5, 5.41) is 5.13. The molecule has 60 heavy (non-hydrogen) atoms. The molecule has 15 rings (SSSR count). The van der Waals surface area contributed by atoms with Crippen molar-refractivity contribution in [1.82, 2.24) is 14.1 Å². The highest BCUT2D eigenvalue weighted by Crippen LogP contribution is 2.69. The molecule has 0 amide bonds. The van der Waals surface area contributed by atoms with Gasteiger partial charge in [-0.3, -0.25) is 4.98 Å². The standard InChI is InChI=1S/C57H43N3/c1-4-10-51-45(7-1)46-20-19-44(34-52(46)57(51)41-28-35-27-36(30-41)31-42(57)29-35)60-54-12-6-3-9-48(54)50-33-40(16-22-56(50)60)39-15-21-55-49(32-39)47-8-2-5-11-53(47)59(55)43-17-13-37(14-18-43)38-23-25-58-26-24-38/h1-26,32-36,41-42H,27-31H2. The molecule has 0 N–H and O–H groups in total. The van der Waals surface area contributed by atoms with Crippen molar-refractivity contribution in [2.24, 2.45) is 23.7 Å². The number of nitrogens with zero attached hydrogens (tertiary/aromatic N) is 3. The van der Waals surface area contributed by atoms with Crippen molar-refractivity contribution in [3.05, 3.63) is 187 Å². The predicted molar refractivity (Wildman–Crippen MR) is 247 cm³/mol. The number of para-hydroxylation sites is 2. The first-order valence-electron chi connectivity index (χ1n) is 22.0. The van der Waals surface area contributed by atoms with Gasteiger partial charge in [0, 0.05) is 50.7 Å². The lowest BCUT2D eigenvalue weighted by atomic mass is 9.43. The summed E-state index contributed by atoms with van der Waals surface area (Å²) in [5.41, 5.74) is 18.6. The first kappa shape index (κ1) is 33.2. The zero-order valence-electron chi connectivity index (χ0n) is 33.4. The second-order valence-electron chi connectivity index (χ2n) is 18.4. The summed E-state index contributed by atoms with van der Waals surface area (Å²) >= 11 is 0. The largest absolute Gasteiger partial charge is 0.309 e. The van der Waals surface area contributed by atoms with Gasteiger partial charge in [0.05, 0.1) is 22.1 Å². The number of hydrogen-bond acceptors (Lipinski definition) is 1. The van der Waals surface area contributed by atoms with Crippen LogP contribution in [0.5, 0.6) is 0 Å². The van der Waals surface area contributed by atoms with Crippen molar-refractivity contribution in [2.75, 3.05) is 0 Å². The van der Waals surface area contributed by atoms with E-state index in [4.69, 9.17) is 0 Å². The summed E-state index contributed by atoms with van der Waals surface area (Å²) in [6.07, 6.45) is 10.8. The lowest BCUT2D eigenvalue weighted by molar-refractivity contribution is -0.0399. The minimum Gasteiger partial charge on any atom is -0.309 e. The van der Waals surface area contributed by atoms with E-state index < -0.39 is 0 Å². The average Bonchev–Trinajstić information content (AvgIpc) is 3.92. The van der Waals surface area contributed by atoms with Gasteiger partial charge in [-0.25, -0.2) is 0 Å². The number of hydrogen-bond donors (Lipinski definition) is 0.